The lowest BCUT2D eigenvalue weighted by Gasteiger charge is -2.11. The average molecular weight is 494 g/mol. The van der Waals surface area contributed by atoms with Crippen molar-refractivity contribution >= 4 is 51.3 Å². The highest BCUT2D eigenvalue weighted by atomic mass is 127. The van der Waals surface area contributed by atoms with E-state index in [1.165, 1.54) is 22.6 Å². The number of thiophene rings is 1. The zero-order valence-electron chi connectivity index (χ0n) is 14.2. The van der Waals surface area contributed by atoms with Crippen molar-refractivity contribution in [3.63, 3.8) is 0 Å². The van der Waals surface area contributed by atoms with E-state index >= 15 is 0 Å². The minimum Gasteiger partial charge on any atom is -0.357 e. The van der Waals surface area contributed by atoms with E-state index in [0.29, 0.717) is 6.54 Å². The Morgan fingerprint density at radius 2 is 1.88 bits per heavy atom. The number of nitrogens with one attached hydrogen (secondary N) is 2. The SMILES string of the molecule is CCNC(=NCc1ccc(S(N)(=O)=O)cc1)NCc1sccc1C.I. The number of sulfonamides is 1. The number of halogens is 1. The third-order valence-corrected chi connectivity index (χ3v) is 5.35. The average Bonchev–Trinajstić information content (AvgIpc) is 2.95. The Bertz CT molecular complexity index is 802. The van der Waals surface area contributed by atoms with Crippen LogP contribution in [0.5, 0.6) is 0 Å². The first-order chi connectivity index (χ1) is 11.4. The normalized spacial score (nSPS) is 11.7. The van der Waals surface area contributed by atoms with Crippen LogP contribution in [0.4, 0.5) is 0 Å². The first-order valence-corrected chi connectivity index (χ1v) is 9.99. The van der Waals surface area contributed by atoms with Gasteiger partial charge in [0.15, 0.2) is 5.96 Å². The van der Waals surface area contributed by atoms with E-state index in [2.05, 4.69) is 34.0 Å². The standard InChI is InChI=1S/C16H22N4O2S2.HI/c1-3-18-16(20-11-15-12(2)8-9-23-15)19-10-13-4-6-14(7-5-13)24(17,21)22;/h4-9H,3,10-11H2,1-2H3,(H2,17,21,22)(H2,18,19,20);1H. The second kappa shape index (κ2) is 10.1. The van der Waals surface area contributed by atoms with Crippen LogP contribution < -0.4 is 15.8 Å². The van der Waals surface area contributed by atoms with Gasteiger partial charge < -0.3 is 10.6 Å². The maximum absolute atomic E-state index is 11.3. The molecule has 0 fully saturated rings. The van der Waals surface area contributed by atoms with Crippen LogP contribution in [-0.2, 0) is 23.1 Å². The molecule has 0 aliphatic carbocycles. The van der Waals surface area contributed by atoms with E-state index in [9.17, 15) is 8.42 Å². The lowest BCUT2D eigenvalue weighted by molar-refractivity contribution is 0.598. The molecule has 25 heavy (non-hydrogen) atoms. The third-order valence-electron chi connectivity index (χ3n) is 3.40. The third kappa shape index (κ3) is 6.92. The fourth-order valence-electron chi connectivity index (χ4n) is 2.05. The Morgan fingerprint density at radius 1 is 1.20 bits per heavy atom. The first-order valence-electron chi connectivity index (χ1n) is 7.57. The van der Waals surface area contributed by atoms with Crippen LogP contribution in [0.1, 0.15) is 22.9 Å². The maximum atomic E-state index is 11.3. The highest BCUT2D eigenvalue weighted by Gasteiger charge is 2.07. The van der Waals surface area contributed by atoms with Gasteiger partial charge in [0.2, 0.25) is 10.0 Å². The van der Waals surface area contributed by atoms with E-state index < -0.39 is 10.0 Å². The molecule has 0 atom stereocenters. The first kappa shape index (κ1) is 21.9. The van der Waals surface area contributed by atoms with Gasteiger partial charge in [-0.15, -0.1) is 35.3 Å². The van der Waals surface area contributed by atoms with E-state index in [-0.39, 0.29) is 28.9 Å². The molecule has 0 saturated heterocycles. The summed E-state index contributed by atoms with van der Waals surface area (Å²) < 4.78 is 22.5. The molecule has 0 radical (unpaired) electrons. The number of aliphatic imine (C=N–C) groups is 1. The van der Waals surface area contributed by atoms with Crippen LogP contribution in [-0.4, -0.2) is 20.9 Å². The highest BCUT2D eigenvalue weighted by molar-refractivity contribution is 14.0. The van der Waals surface area contributed by atoms with Crippen molar-refractivity contribution in [2.24, 2.45) is 10.1 Å². The zero-order valence-corrected chi connectivity index (χ0v) is 18.1. The molecule has 9 heteroatoms. The van der Waals surface area contributed by atoms with Crippen molar-refractivity contribution in [3.05, 3.63) is 51.7 Å². The topological polar surface area (TPSA) is 96.6 Å². The van der Waals surface area contributed by atoms with Crippen molar-refractivity contribution in [2.45, 2.75) is 31.8 Å². The number of nitrogens with two attached hydrogens (primary N) is 1. The van der Waals surface area contributed by atoms with E-state index in [1.807, 2.05) is 6.92 Å². The Hall–Kier alpha value is -1.17. The van der Waals surface area contributed by atoms with E-state index in [1.54, 1.807) is 23.5 Å². The van der Waals surface area contributed by atoms with Gasteiger partial charge in [0.05, 0.1) is 18.0 Å². The largest absolute Gasteiger partial charge is 0.357 e. The molecule has 6 nitrogen and oxygen atoms in total. The molecule has 0 amide bonds. The highest BCUT2D eigenvalue weighted by Crippen LogP contribution is 2.14. The van der Waals surface area contributed by atoms with E-state index in [0.717, 1.165) is 24.6 Å². The molecule has 0 saturated carbocycles. The van der Waals surface area contributed by atoms with Gasteiger partial charge in [-0.25, -0.2) is 18.5 Å². The van der Waals surface area contributed by atoms with Crippen LogP contribution in [0.2, 0.25) is 0 Å². The van der Waals surface area contributed by atoms with Crippen molar-refractivity contribution in [3.8, 4) is 0 Å². The summed E-state index contributed by atoms with van der Waals surface area (Å²) in [6.07, 6.45) is 0. The number of guanidine groups is 1. The van der Waals surface area contributed by atoms with Crippen molar-refractivity contribution in [1.82, 2.24) is 10.6 Å². The van der Waals surface area contributed by atoms with Gasteiger partial charge in [0.25, 0.3) is 0 Å². The number of hydrogen-bond donors (Lipinski definition) is 3. The fourth-order valence-corrected chi connectivity index (χ4v) is 3.41. The van der Waals surface area contributed by atoms with Crippen LogP contribution in [0.25, 0.3) is 0 Å². The minimum atomic E-state index is -3.66. The van der Waals surface area contributed by atoms with Gasteiger partial charge in [-0.1, -0.05) is 12.1 Å². The molecular formula is C16H23IN4O2S2. The molecule has 1 heterocycles. The summed E-state index contributed by atoms with van der Waals surface area (Å²) in [5.41, 5.74) is 2.17. The smallest absolute Gasteiger partial charge is 0.238 e. The van der Waals surface area contributed by atoms with Gasteiger partial charge >= 0.3 is 0 Å². The molecule has 4 N–H and O–H groups in total. The molecule has 0 spiro atoms. The van der Waals surface area contributed by atoms with Gasteiger partial charge in [-0.3, -0.25) is 0 Å². The molecule has 2 rings (SSSR count). The van der Waals surface area contributed by atoms with Gasteiger partial charge in [-0.2, -0.15) is 0 Å². The van der Waals surface area contributed by atoms with Crippen LogP contribution in [0.3, 0.4) is 0 Å². The summed E-state index contributed by atoms with van der Waals surface area (Å²) >= 11 is 1.71. The van der Waals surface area contributed by atoms with Crippen LogP contribution >= 0.6 is 35.3 Å². The molecule has 2 aromatic rings. The Morgan fingerprint density at radius 3 is 2.40 bits per heavy atom. The summed E-state index contributed by atoms with van der Waals surface area (Å²) in [5.74, 6) is 0.723. The lowest BCUT2D eigenvalue weighted by Crippen LogP contribution is -2.36. The Kier molecular flexibility index (Phi) is 8.83. The van der Waals surface area contributed by atoms with Crippen molar-refractivity contribution in [1.29, 1.82) is 0 Å². The molecule has 1 aromatic heterocycles. The number of benzene rings is 1. The molecule has 0 bridgehead atoms. The van der Waals surface area contributed by atoms with Gasteiger partial charge in [0.1, 0.15) is 0 Å². The Labute approximate surface area is 170 Å². The Balaban J connectivity index is 0.00000312. The van der Waals surface area contributed by atoms with Crippen LogP contribution in [0, 0.1) is 6.92 Å². The number of hydrogen-bond acceptors (Lipinski definition) is 4. The monoisotopic (exact) mass is 494 g/mol. The number of primary sulfonamides is 1. The number of rotatable bonds is 6. The molecule has 0 aliphatic heterocycles. The van der Waals surface area contributed by atoms with Gasteiger partial charge in [0, 0.05) is 11.4 Å². The molecule has 138 valence electrons. The fraction of sp³-hybridized carbons (Fsp3) is 0.312. The molecule has 1 aromatic carbocycles. The second-order valence-electron chi connectivity index (χ2n) is 5.26. The van der Waals surface area contributed by atoms with Crippen molar-refractivity contribution < 1.29 is 8.42 Å². The summed E-state index contributed by atoms with van der Waals surface area (Å²) in [6, 6.07) is 8.52. The summed E-state index contributed by atoms with van der Waals surface area (Å²) in [7, 11) is -3.66. The second-order valence-corrected chi connectivity index (χ2v) is 7.83. The number of aryl methyl sites for hydroxylation is 1. The zero-order chi connectivity index (χ0) is 17.6. The van der Waals surface area contributed by atoms with Gasteiger partial charge in [-0.05, 0) is 48.6 Å². The lowest BCUT2D eigenvalue weighted by atomic mass is 10.2. The van der Waals surface area contributed by atoms with Crippen LogP contribution in [0.15, 0.2) is 45.6 Å². The summed E-state index contributed by atoms with van der Waals surface area (Å²) in [6.45, 7) is 6.03. The summed E-state index contributed by atoms with van der Waals surface area (Å²) in [5, 5.41) is 13.7. The predicted octanol–water partition coefficient (Wildman–Crippen LogP) is 2.58. The molecule has 0 aliphatic rings. The molecular weight excluding hydrogens is 471 g/mol. The van der Waals surface area contributed by atoms with Crippen molar-refractivity contribution in [2.75, 3.05) is 6.54 Å². The number of nitrogens with zero attached hydrogens (tertiary/aromatic N) is 1. The van der Waals surface area contributed by atoms with E-state index in [4.69, 9.17) is 5.14 Å². The minimum absolute atomic E-state index is 0. The summed E-state index contributed by atoms with van der Waals surface area (Å²) in [4.78, 5) is 5.90. The quantitative estimate of drug-likeness (QED) is 0.327. The molecule has 0 unspecified atom stereocenters. The maximum Gasteiger partial charge on any atom is 0.238 e. The predicted molar refractivity (Wildman–Crippen MR) is 114 cm³/mol.